The Labute approximate surface area is 125 Å². The molecule has 0 amide bonds. The molecule has 0 aliphatic heterocycles. The van der Waals surface area contributed by atoms with Gasteiger partial charge in [0.15, 0.2) is 0 Å². The normalized spacial score (nSPS) is 12.3. The molecule has 0 radical (unpaired) electrons. The number of methoxy groups -OCH3 is 1. The number of rotatable bonds is 9. The third-order valence-corrected chi connectivity index (χ3v) is 3.23. The van der Waals surface area contributed by atoms with Crippen LogP contribution in [-0.4, -0.2) is 41.1 Å². The van der Waals surface area contributed by atoms with E-state index in [1.807, 2.05) is 6.07 Å². The molecule has 1 unspecified atom stereocenters. The van der Waals surface area contributed by atoms with Gasteiger partial charge in [-0.25, -0.2) is 9.67 Å². The lowest BCUT2D eigenvalue weighted by molar-refractivity contribution is 0.182. The molecule has 1 heterocycles. The molecule has 1 aromatic carbocycles. The highest BCUT2D eigenvalue weighted by Gasteiger charge is 2.08. The SMILES string of the molecule is COCC(CCCN)Nc1cccc(Cn2cncn2)c1. The molecule has 6 nitrogen and oxygen atoms in total. The summed E-state index contributed by atoms with van der Waals surface area (Å²) < 4.78 is 7.07. The molecule has 3 N–H and O–H groups in total. The van der Waals surface area contributed by atoms with Crippen LogP contribution in [0, 0.1) is 0 Å². The number of ether oxygens (including phenoxy) is 1. The quantitative estimate of drug-likeness (QED) is 0.731. The molecule has 0 aliphatic carbocycles. The number of nitrogens with zero attached hydrogens (tertiary/aromatic N) is 3. The zero-order chi connectivity index (χ0) is 14.9. The van der Waals surface area contributed by atoms with E-state index in [4.69, 9.17) is 10.5 Å². The van der Waals surface area contributed by atoms with Gasteiger partial charge in [-0.05, 0) is 37.1 Å². The summed E-state index contributed by atoms with van der Waals surface area (Å²) >= 11 is 0. The predicted octanol–water partition coefficient (Wildman–Crippen LogP) is 1.49. The summed E-state index contributed by atoms with van der Waals surface area (Å²) in [7, 11) is 1.72. The van der Waals surface area contributed by atoms with Crippen LogP contribution < -0.4 is 11.1 Å². The maximum Gasteiger partial charge on any atom is 0.137 e. The Morgan fingerprint density at radius 1 is 1.43 bits per heavy atom. The first-order chi connectivity index (χ1) is 10.3. The summed E-state index contributed by atoms with van der Waals surface area (Å²) in [6.07, 6.45) is 5.25. The van der Waals surface area contributed by atoms with Gasteiger partial charge in [0.25, 0.3) is 0 Å². The van der Waals surface area contributed by atoms with Crippen molar-refractivity contribution in [2.45, 2.75) is 25.4 Å². The van der Waals surface area contributed by atoms with E-state index in [1.165, 1.54) is 5.56 Å². The standard InChI is InChI=1S/C15H23N5O/c1-21-10-15(6-3-7-16)19-14-5-2-4-13(8-14)9-20-12-17-11-18-20/h2,4-5,8,11-12,15,19H,3,6-7,9-10,16H2,1H3. The largest absolute Gasteiger partial charge is 0.383 e. The van der Waals surface area contributed by atoms with Crippen LogP contribution in [0.15, 0.2) is 36.9 Å². The number of aromatic nitrogens is 3. The molecule has 6 heteroatoms. The second-order valence-electron chi connectivity index (χ2n) is 5.02. The third kappa shape index (κ3) is 5.17. The van der Waals surface area contributed by atoms with E-state index < -0.39 is 0 Å². The highest BCUT2D eigenvalue weighted by molar-refractivity contribution is 5.46. The highest BCUT2D eigenvalue weighted by Crippen LogP contribution is 2.14. The van der Waals surface area contributed by atoms with Gasteiger partial charge in [0.2, 0.25) is 0 Å². The minimum atomic E-state index is 0.278. The topological polar surface area (TPSA) is 78.0 Å². The first-order valence-electron chi connectivity index (χ1n) is 7.18. The van der Waals surface area contributed by atoms with Crippen molar-refractivity contribution in [3.63, 3.8) is 0 Å². The Kier molecular flexibility index (Phi) is 6.18. The molecule has 0 fully saturated rings. The molecule has 2 rings (SSSR count). The van der Waals surface area contributed by atoms with Gasteiger partial charge in [0.1, 0.15) is 12.7 Å². The Bertz CT molecular complexity index is 515. The van der Waals surface area contributed by atoms with Crippen LogP contribution in [0.4, 0.5) is 5.69 Å². The Hall–Kier alpha value is -1.92. The van der Waals surface area contributed by atoms with Gasteiger partial charge < -0.3 is 15.8 Å². The third-order valence-electron chi connectivity index (χ3n) is 3.23. The van der Waals surface area contributed by atoms with Gasteiger partial charge in [-0.15, -0.1) is 0 Å². The summed E-state index contributed by atoms with van der Waals surface area (Å²) in [5, 5.41) is 7.63. The van der Waals surface area contributed by atoms with E-state index in [0.29, 0.717) is 19.7 Å². The minimum Gasteiger partial charge on any atom is -0.383 e. The van der Waals surface area contributed by atoms with Gasteiger partial charge in [0.05, 0.1) is 13.2 Å². The molecule has 1 atom stereocenters. The van der Waals surface area contributed by atoms with Crippen LogP contribution >= 0.6 is 0 Å². The Morgan fingerprint density at radius 3 is 3.05 bits per heavy atom. The minimum absolute atomic E-state index is 0.278. The fourth-order valence-corrected chi connectivity index (χ4v) is 2.26. The van der Waals surface area contributed by atoms with E-state index in [2.05, 4.69) is 33.6 Å². The summed E-state index contributed by atoms with van der Waals surface area (Å²) in [6, 6.07) is 8.60. The molecule has 114 valence electrons. The van der Waals surface area contributed by atoms with Crippen LogP contribution in [-0.2, 0) is 11.3 Å². The van der Waals surface area contributed by atoms with Crippen LogP contribution in [0.3, 0.4) is 0 Å². The monoisotopic (exact) mass is 289 g/mol. The number of nitrogens with one attached hydrogen (secondary N) is 1. The lowest BCUT2D eigenvalue weighted by Crippen LogP contribution is -2.25. The molecule has 2 aromatic rings. The van der Waals surface area contributed by atoms with E-state index in [0.717, 1.165) is 18.5 Å². The predicted molar refractivity (Wildman–Crippen MR) is 83.1 cm³/mol. The van der Waals surface area contributed by atoms with Crippen molar-refractivity contribution in [2.75, 3.05) is 25.6 Å². The maximum atomic E-state index is 5.58. The fraction of sp³-hybridized carbons (Fsp3) is 0.467. The van der Waals surface area contributed by atoms with Gasteiger partial charge in [-0.3, -0.25) is 0 Å². The maximum absolute atomic E-state index is 5.58. The van der Waals surface area contributed by atoms with Crippen molar-refractivity contribution in [3.05, 3.63) is 42.5 Å². The molecule has 0 saturated heterocycles. The summed E-state index contributed by atoms with van der Waals surface area (Å²) in [4.78, 5) is 3.96. The lowest BCUT2D eigenvalue weighted by atomic mass is 10.1. The summed E-state index contributed by atoms with van der Waals surface area (Å²) in [5.74, 6) is 0. The van der Waals surface area contributed by atoms with Crippen molar-refractivity contribution >= 4 is 5.69 Å². The van der Waals surface area contributed by atoms with Crippen LogP contribution in [0.25, 0.3) is 0 Å². The van der Waals surface area contributed by atoms with Crippen molar-refractivity contribution in [1.29, 1.82) is 0 Å². The number of hydrogen-bond donors (Lipinski definition) is 2. The number of nitrogens with two attached hydrogens (primary N) is 1. The van der Waals surface area contributed by atoms with Crippen LogP contribution in [0.2, 0.25) is 0 Å². The van der Waals surface area contributed by atoms with E-state index >= 15 is 0 Å². The van der Waals surface area contributed by atoms with Crippen LogP contribution in [0.1, 0.15) is 18.4 Å². The van der Waals surface area contributed by atoms with Crippen molar-refractivity contribution in [3.8, 4) is 0 Å². The van der Waals surface area contributed by atoms with Crippen LogP contribution in [0.5, 0.6) is 0 Å². The lowest BCUT2D eigenvalue weighted by Gasteiger charge is -2.19. The number of anilines is 1. The molecule has 0 bridgehead atoms. The second kappa shape index (κ2) is 8.39. The van der Waals surface area contributed by atoms with Gasteiger partial charge in [-0.2, -0.15) is 5.10 Å². The van der Waals surface area contributed by atoms with Gasteiger partial charge >= 0.3 is 0 Å². The van der Waals surface area contributed by atoms with Crippen molar-refractivity contribution in [1.82, 2.24) is 14.8 Å². The zero-order valence-electron chi connectivity index (χ0n) is 12.4. The van der Waals surface area contributed by atoms with Gasteiger partial charge in [-0.1, -0.05) is 12.1 Å². The molecular formula is C15H23N5O. The summed E-state index contributed by atoms with van der Waals surface area (Å²) in [6.45, 7) is 2.09. The highest BCUT2D eigenvalue weighted by atomic mass is 16.5. The average molecular weight is 289 g/mol. The van der Waals surface area contributed by atoms with E-state index in [-0.39, 0.29) is 6.04 Å². The van der Waals surface area contributed by atoms with Gasteiger partial charge in [0, 0.05) is 18.8 Å². The molecular weight excluding hydrogens is 266 g/mol. The van der Waals surface area contributed by atoms with Crippen molar-refractivity contribution in [2.24, 2.45) is 5.73 Å². The van der Waals surface area contributed by atoms with E-state index in [1.54, 1.807) is 24.4 Å². The first-order valence-corrected chi connectivity index (χ1v) is 7.18. The molecule has 0 aliphatic rings. The van der Waals surface area contributed by atoms with Crippen molar-refractivity contribution < 1.29 is 4.74 Å². The second-order valence-corrected chi connectivity index (χ2v) is 5.02. The Balaban J connectivity index is 1.98. The molecule has 0 spiro atoms. The first kappa shape index (κ1) is 15.5. The smallest absolute Gasteiger partial charge is 0.137 e. The number of hydrogen-bond acceptors (Lipinski definition) is 5. The average Bonchev–Trinajstić information content (AvgIpc) is 2.98. The fourth-order valence-electron chi connectivity index (χ4n) is 2.26. The molecule has 1 aromatic heterocycles. The Morgan fingerprint density at radius 2 is 2.33 bits per heavy atom. The van der Waals surface area contributed by atoms with E-state index in [9.17, 15) is 0 Å². The molecule has 21 heavy (non-hydrogen) atoms. The number of benzene rings is 1. The summed E-state index contributed by atoms with van der Waals surface area (Å²) in [5.41, 5.74) is 7.85. The molecule has 0 saturated carbocycles. The zero-order valence-corrected chi connectivity index (χ0v) is 12.4.